The molecule has 1 aliphatic rings. The van der Waals surface area contributed by atoms with Gasteiger partial charge in [-0.1, -0.05) is 190 Å². The molecule has 1 atom stereocenters. The summed E-state index contributed by atoms with van der Waals surface area (Å²) in [5.74, 6) is 0.00262. The van der Waals surface area contributed by atoms with E-state index in [1.165, 1.54) is 83.5 Å². The van der Waals surface area contributed by atoms with E-state index in [9.17, 15) is 0 Å². The SMILES string of the molecule is CC1(C)c2ccccc2-c2ccc(-c3ccc(C(c4ccc(-c5cccc(-c6ccc7oc8ccccc8c7c6)c5)cc4)c4cccc(-c5ccc6oc7ccccc7c6c5)c4)cc3)cc21. The number of hydrogen-bond donors (Lipinski definition) is 0. The van der Waals surface area contributed by atoms with Gasteiger partial charge in [0.1, 0.15) is 22.3 Å². The lowest BCUT2D eigenvalue weighted by Gasteiger charge is -2.22. The molecule has 0 bridgehead atoms. The summed E-state index contributed by atoms with van der Waals surface area (Å²) in [6.07, 6.45) is 0. The summed E-state index contributed by atoms with van der Waals surface area (Å²) < 4.78 is 12.3. The van der Waals surface area contributed by atoms with Crippen LogP contribution >= 0.6 is 0 Å². The molecular weight excluding hydrogens is 801 g/mol. The summed E-state index contributed by atoms with van der Waals surface area (Å²) in [6.45, 7) is 4.70. The van der Waals surface area contributed by atoms with Crippen LogP contribution in [0.4, 0.5) is 0 Å². The molecule has 0 N–H and O–H groups in total. The number of furan rings is 2. The summed E-state index contributed by atoms with van der Waals surface area (Å²) in [4.78, 5) is 0. The molecule has 0 fully saturated rings. The van der Waals surface area contributed by atoms with Crippen LogP contribution in [0.25, 0.3) is 99.5 Å². The first kappa shape index (κ1) is 38.3. The molecule has 312 valence electrons. The first-order chi connectivity index (χ1) is 32.4. The summed E-state index contributed by atoms with van der Waals surface area (Å²) in [6, 6.07) is 82.0. The Morgan fingerprint density at radius 2 is 0.727 bits per heavy atom. The highest BCUT2D eigenvalue weighted by molar-refractivity contribution is 6.07. The number of para-hydroxylation sites is 2. The highest BCUT2D eigenvalue weighted by atomic mass is 16.3. The molecule has 12 aromatic rings. The van der Waals surface area contributed by atoms with Crippen LogP contribution in [-0.4, -0.2) is 0 Å². The third-order valence-corrected chi connectivity index (χ3v) is 14.2. The van der Waals surface area contributed by atoms with E-state index < -0.39 is 0 Å². The Labute approximate surface area is 384 Å². The van der Waals surface area contributed by atoms with Gasteiger partial charge in [-0.15, -0.1) is 0 Å². The second kappa shape index (κ2) is 14.9. The van der Waals surface area contributed by atoms with Crippen LogP contribution in [0.15, 0.2) is 233 Å². The van der Waals surface area contributed by atoms with E-state index in [0.717, 1.165) is 43.9 Å². The number of benzene rings is 10. The average Bonchev–Trinajstić information content (AvgIpc) is 4.01. The molecule has 0 saturated heterocycles. The number of rotatable bonds is 7. The van der Waals surface area contributed by atoms with Gasteiger partial charge >= 0.3 is 0 Å². The summed E-state index contributed by atoms with van der Waals surface area (Å²) in [5, 5.41) is 4.55. The lowest BCUT2D eigenvalue weighted by Crippen LogP contribution is -2.14. The molecule has 2 aromatic heterocycles. The van der Waals surface area contributed by atoms with Crippen molar-refractivity contribution in [3.63, 3.8) is 0 Å². The Kier molecular flexibility index (Phi) is 8.66. The van der Waals surface area contributed by atoms with Crippen LogP contribution in [0.5, 0.6) is 0 Å². The molecule has 0 radical (unpaired) electrons. The fourth-order valence-electron chi connectivity index (χ4n) is 10.8. The molecule has 66 heavy (non-hydrogen) atoms. The molecule has 1 unspecified atom stereocenters. The van der Waals surface area contributed by atoms with Gasteiger partial charge in [0.15, 0.2) is 0 Å². The van der Waals surface area contributed by atoms with Crippen molar-refractivity contribution in [2.24, 2.45) is 0 Å². The molecule has 10 aromatic carbocycles. The lowest BCUT2D eigenvalue weighted by molar-refractivity contribution is 0.660. The van der Waals surface area contributed by atoms with Gasteiger partial charge in [-0.2, -0.15) is 0 Å². The van der Waals surface area contributed by atoms with E-state index in [0.29, 0.717) is 0 Å². The van der Waals surface area contributed by atoms with E-state index in [-0.39, 0.29) is 11.3 Å². The van der Waals surface area contributed by atoms with Crippen molar-refractivity contribution in [2.75, 3.05) is 0 Å². The molecule has 1 aliphatic carbocycles. The number of fused-ring (bicyclic) bond motifs is 9. The minimum Gasteiger partial charge on any atom is -0.456 e. The van der Waals surface area contributed by atoms with Crippen molar-refractivity contribution >= 4 is 43.9 Å². The molecule has 2 nitrogen and oxygen atoms in total. The third-order valence-electron chi connectivity index (χ3n) is 14.2. The highest BCUT2D eigenvalue weighted by Crippen LogP contribution is 2.50. The first-order valence-electron chi connectivity index (χ1n) is 22.9. The maximum Gasteiger partial charge on any atom is 0.135 e. The minimum absolute atomic E-state index is 0.00262. The fraction of sp³-hybridized carbons (Fsp3) is 0.0625. The van der Waals surface area contributed by atoms with Gasteiger partial charge in [0.05, 0.1) is 0 Å². The Morgan fingerprint density at radius 3 is 1.35 bits per heavy atom. The quantitative estimate of drug-likeness (QED) is 0.149. The molecule has 0 amide bonds. The molecule has 0 saturated carbocycles. The van der Waals surface area contributed by atoms with E-state index in [2.05, 4.69) is 214 Å². The highest BCUT2D eigenvalue weighted by Gasteiger charge is 2.35. The lowest BCUT2D eigenvalue weighted by atomic mass is 9.81. The summed E-state index contributed by atoms with van der Waals surface area (Å²) >= 11 is 0. The van der Waals surface area contributed by atoms with Crippen molar-refractivity contribution in [3.8, 4) is 55.6 Å². The van der Waals surface area contributed by atoms with E-state index in [4.69, 9.17) is 8.83 Å². The van der Waals surface area contributed by atoms with E-state index >= 15 is 0 Å². The Morgan fingerprint density at radius 1 is 0.288 bits per heavy atom. The van der Waals surface area contributed by atoms with Crippen molar-refractivity contribution in [1.82, 2.24) is 0 Å². The van der Waals surface area contributed by atoms with Gasteiger partial charge in [-0.3, -0.25) is 0 Å². The molecule has 0 spiro atoms. The summed E-state index contributed by atoms with van der Waals surface area (Å²) in [7, 11) is 0. The Hall–Kier alpha value is -8.20. The topological polar surface area (TPSA) is 26.3 Å². The van der Waals surface area contributed by atoms with Gasteiger partial charge < -0.3 is 8.83 Å². The average molecular weight is 845 g/mol. The maximum absolute atomic E-state index is 6.20. The van der Waals surface area contributed by atoms with Crippen molar-refractivity contribution in [3.05, 3.63) is 252 Å². The van der Waals surface area contributed by atoms with Gasteiger partial charge in [-0.05, 0) is 132 Å². The third kappa shape index (κ3) is 6.25. The molecule has 2 heteroatoms. The van der Waals surface area contributed by atoms with Crippen molar-refractivity contribution < 1.29 is 8.83 Å². The fourth-order valence-corrected chi connectivity index (χ4v) is 10.8. The van der Waals surface area contributed by atoms with Gasteiger partial charge in [0, 0.05) is 32.9 Å². The van der Waals surface area contributed by atoms with E-state index in [1.54, 1.807) is 0 Å². The van der Waals surface area contributed by atoms with Crippen molar-refractivity contribution in [1.29, 1.82) is 0 Å². The molecule has 2 heterocycles. The smallest absolute Gasteiger partial charge is 0.135 e. The zero-order chi connectivity index (χ0) is 43.9. The second-order valence-electron chi connectivity index (χ2n) is 18.4. The second-order valence-corrected chi connectivity index (χ2v) is 18.4. The van der Waals surface area contributed by atoms with Gasteiger partial charge in [0.2, 0.25) is 0 Å². The Balaban J connectivity index is 0.873. The zero-order valence-corrected chi connectivity index (χ0v) is 36.8. The van der Waals surface area contributed by atoms with Crippen LogP contribution in [0.2, 0.25) is 0 Å². The zero-order valence-electron chi connectivity index (χ0n) is 36.8. The Bertz CT molecular complexity index is 3840. The standard InChI is InChI=1S/C64H44O2/c1-64(2)57-18-6-3-15-51(57)52-32-29-49(39-58(52)64)41-23-27-43(28-24-41)63(50-14-10-13-46(36-50)48-31-34-62-56(38-48)54-17-5-8-20-60(54)66-62)42-25-21-40(22-26-42)44-11-9-12-45(35-44)47-30-33-61-55(37-47)53-16-4-7-19-59(53)65-61/h3-39,63H,1-2H3. The summed E-state index contributed by atoms with van der Waals surface area (Å²) in [5.41, 5.74) is 22.3. The molecule has 0 aliphatic heterocycles. The molecule has 13 rings (SSSR count). The number of hydrogen-bond acceptors (Lipinski definition) is 2. The van der Waals surface area contributed by atoms with Crippen molar-refractivity contribution in [2.45, 2.75) is 25.2 Å². The normalized spacial score (nSPS) is 13.4. The molecular formula is C64H44O2. The van der Waals surface area contributed by atoms with E-state index in [1.807, 2.05) is 24.3 Å². The van der Waals surface area contributed by atoms with Crippen LogP contribution in [0.1, 0.15) is 47.6 Å². The largest absolute Gasteiger partial charge is 0.456 e. The maximum atomic E-state index is 6.20. The minimum atomic E-state index is -0.0510. The first-order valence-corrected chi connectivity index (χ1v) is 22.9. The van der Waals surface area contributed by atoms with Crippen LogP contribution in [-0.2, 0) is 5.41 Å². The van der Waals surface area contributed by atoms with Gasteiger partial charge in [0.25, 0.3) is 0 Å². The van der Waals surface area contributed by atoms with Crippen LogP contribution < -0.4 is 0 Å². The predicted octanol–water partition coefficient (Wildman–Crippen LogP) is 17.6. The van der Waals surface area contributed by atoms with Crippen LogP contribution in [0, 0.1) is 0 Å². The monoisotopic (exact) mass is 844 g/mol. The van der Waals surface area contributed by atoms with Crippen LogP contribution in [0.3, 0.4) is 0 Å². The predicted molar refractivity (Wildman–Crippen MR) is 274 cm³/mol. The van der Waals surface area contributed by atoms with Gasteiger partial charge in [-0.25, -0.2) is 0 Å².